The number of aromatic amines is 1. The molecule has 0 bridgehead atoms. The molecule has 2 rings (SSSR count). The number of amides is 2. The molecule has 8 nitrogen and oxygen atoms in total. The number of carbonyl (C=O) groups is 2. The van der Waals surface area contributed by atoms with E-state index in [4.69, 9.17) is 9.47 Å². The van der Waals surface area contributed by atoms with Crippen molar-refractivity contribution in [1.82, 2.24) is 20.2 Å². The Kier molecular flexibility index (Phi) is 6.93. The molecule has 2 N–H and O–H groups in total. The largest absolute Gasteiger partial charge is 0.444 e. The van der Waals surface area contributed by atoms with Gasteiger partial charge in [-0.2, -0.15) is 0 Å². The summed E-state index contributed by atoms with van der Waals surface area (Å²) in [7, 11) is 1.57. The van der Waals surface area contributed by atoms with Gasteiger partial charge >= 0.3 is 6.09 Å². The van der Waals surface area contributed by atoms with E-state index in [9.17, 15) is 9.59 Å². The normalized spacial score (nSPS) is 21.1. The number of halogens is 2. The van der Waals surface area contributed by atoms with E-state index in [2.05, 4.69) is 60.5 Å². The van der Waals surface area contributed by atoms with Crippen molar-refractivity contribution >= 4 is 57.2 Å². The standard InChI is InChI=1S/C15H22I2N4O4/c1-15(2,3)25-14(23)21-6-5-8(9(7-21)24-4)18-13(22)12-19-10(16)11(17)20-12/h8-9H,5-7H2,1-4H3,(H,18,22)(H,19,20)/t8-,9+/m1/s1. The maximum Gasteiger partial charge on any atom is 0.410 e. The number of aromatic nitrogens is 2. The summed E-state index contributed by atoms with van der Waals surface area (Å²) in [6, 6.07) is -0.198. The van der Waals surface area contributed by atoms with Crippen LogP contribution in [0, 0.1) is 7.40 Å². The summed E-state index contributed by atoms with van der Waals surface area (Å²) < 4.78 is 12.5. The lowest BCUT2D eigenvalue weighted by molar-refractivity contribution is -0.0172. The van der Waals surface area contributed by atoms with Gasteiger partial charge in [-0.3, -0.25) is 4.79 Å². The molecule has 0 spiro atoms. The highest BCUT2D eigenvalue weighted by Gasteiger charge is 2.35. The molecule has 140 valence electrons. The minimum atomic E-state index is -0.543. The molecule has 2 atom stereocenters. The number of H-pyrrole nitrogens is 1. The summed E-state index contributed by atoms with van der Waals surface area (Å²) in [5.74, 6) is -0.00294. The number of methoxy groups -OCH3 is 1. The highest BCUT2D eigenvalue weighted by atomic mass is 127. The van der Waals surface area contributed by atoms with Crippen LogP contribution in [0.25, 0.3) is 0 Å². The number of hydrogen-bond donors (Lipinski definition) is 2. The third-order valence-electron chi connectivity index (χ3n) is 3.66. The molecule has 1 aliphatic rings. The third-order valence-corrected chi connectivity index (χ3v) is 6.26. The summed E-state index contributed by atoms with van der Waals surface area (Å²) in [4.78, 5) is 33.3. The van der Waals surface area contributed by atoms with Crippen LogP contribution in [0.5, 0.6) is 0 Å². The van der Waals surface area contributed by atoms with Gasteiger partial charge in [0.05, 0.1) is 18.7 Å². The third kappa shape index (κ3) is 5.67. The number of ether oxygens (including phenoxy) is 2. The number of imidazole rings is 1. The SMILES string of the molecule is CO[C@H]1CN(C(=O)OC(C)(C)C)CC[C@H]1NC(=O)c1nc(I)c(I)[nH]1. The number of nitrogens with one attached hydrogen (secondary N) is 2. The monoisotopic (exact) mass is 576 g/mol. The van der Waals surface area contributed by atoms with E-state index in [-0.39, 0.29) is 30.0 Å². The summed E-state index contributed by atoms with van der Waals surface area (Å²) in [6.45, 7) is 6.35. The summed E-state index contributed by atoms with van der Waals surface area (Å²) in [6.07, 6.45) is -0.0916. The fourth-order valence-electron chi connectivity index (χ4n) is 2.49. The van der Waals surface area contributed by atoms with Crippen LogP contribution in [0.1, 0.15) is 37.8 Å². The molecule has 1 fully saturated rings. The minimum Gasteiger partial charge on any atom is -0.444 e. The van der Waals surface area contributed by atoms with E-state index in [1.165, 1.54) is 0 Å². The molecule has 0 unspecified atom stereocenters. The van der Waals surface area contributed by atoms with Crippen molar-refractivity contribution in [3.05, 3.63) is 13.2 Å². The van der Waals surface area contributed by atoms with Crippen molar-refractivity contribution < 1.29 is 19.1 Å². The molecule has 1 aromatic heterocycles. The fourth-order valence-corrected chi connectivity index (χ4v) is 3.24. The van der Waals surface area contributed by atoms with Gasteiger partial charge in [0, 0.05) is 13.7 Å². The Balaban J connectivity index is 1.97. The highest BCUT2D eigenvalue weighted by molar-refractivity contribution is 14.1. The average Bonchev–Trinajstić information content (AvgIpc) is 2.85. The van der Waals surface area contributed by atoms with Crippen LogP contribution in [0.15, 0.2) is 0 Å². The van der Waals surface area contributed by atoms with Crippen molar-refractivity contribution in [1.29, 1.82) is 0 Å². The quantitative estimate of drug-likeness (QED) is 0.540. The average molecular weight is 576 g/mol. The van der Waals surface area contributed by atoms with Crippen LogP contribution in [0.2, 0.25) is 0 Å². The van der Waals surface area contributed by atoms with E-state index in [1.54, 1.807) is 12.0 Å². The molecule has 1 aromatic rings. The molecule has 10 heteroatoms. The Bertz CT molecular complexity index is 624. The first-order valence-electron chi connectivity index (χ1n) is 7.83. The zero-order valence-corrected chi connectivity index (χ0v) is 18.9. The highest BCUT2D eigenvalue weighted by Crippen LogP contribution is 2.18. The number of piperidine rings is 1. The van der Waals surface area contributed by atoms with Crippen molar-refractivity contribution in [3.63, 3.8) is 0 Å². The second-order valence-corrected chi connectivity index (χ2v) is 8.86. The van der Waals surface area contributed by atoms with E-state index >= 15 is 0 Å². The van der Waals surface area contributed by atoms with Gasteiger partial charge in [0.25, 0.3) is 5.91 Å². The van der Waals surface area contributed by atoms with Gasteiger partial charge < -0.3 is 24.7 Å². The van der Waals surface area contributed by atoms with Gasteiger partial charge in [0.2, 0.25) is 0 Å². The van der Waals surface area contributed by atoms with Crippen LogP contribution in [-0.4, -0.2) is 64.8 Å². The van der Waals surface area contributed by atoms with E-state index in [1.807, 2.05) is 20.8 Å². The van der Waals surface area contributed by atoms with Crippen LogP contribution in [-0.2, 0) is 9.47 Å². The Morgan fingerprint density at radius 3 is 2.56 bits per heavy atom. The Hall–Kier alpha value is -0.630. The van der Waals surface area contributed by atoms with Crippen LogP contribution >= 0.6 is 45.2 Å². The summed E-state index contributed by atoms with van der Waals surface area (Å²) in [5, 5.41) is 2.94. The van der Waals surface area contributed by atoms with Crippen molar-refractivity contribution in [2.45, 2.75) is 44.9 Å². The molecule has 1 saturated heterocycles. The zero-order chi connectivity index (χ0) is 18.8. The smallest absolute Gasteiger partial charge is 0.410 e. The molecular weight excluding hydrogens is 554 g/mol. The molecule has 0 radical (unpaired) electrons. The van der Waals surface area contributed by atoms with Crippen LogP contribution in [0.4, 0.5) is 4.79 Å². The molecule has 1 aliphatic heterocycles. The summed E-state index contributed by atoms with van der Waals surface area (Å²) >= 11 is 4.16. The number of carbonyl (C=O) groups excluding carboxylic acids is 2. The predicted molar refractivity (Wildman–Crippen MR) is 108 cm³/mol. The zero-order valence-electron chi connectivity index (χ0n) is 14.6. The molecule has 2 amide bonds. The van der Waals surface area contributed by atoms with Crippen molar-refractivity contribution in [3.8, 4) is 0 Å². The summed E-state index contributed by atoms with van der Waals surface area (Å²) in [5.41, 5.74) is -0.543. The molecular formula is C15H22I2N4O4. The number of nitrogens with zero attached hydrogens (tertiary/aromatic N) is 2. The van der Waals surface area contributed by atoms with Gasteiger partial charge in [-0.25, -0.2) is 9.78 Å². The lowest BCUT2D eigenvalue weighted by Gasteiger charge is -2.38. The van der Waals surface area contributed by atoms with E-state index in [0.717, 1.165) is 7.40 Å². The maximum atomic E-state index is 12.4. The van der Waals surface area contributed by atoms with Crippen molar-refractivity contribution in [2.75, 3.05) is 20.2 Å². The first kappa shape index (κ1) is 20.7. The van der Waals surface area contributed by atoms with Gasteiger partial charge in [-0.1, -0.05) is 0 Å². The van der Waals surface area contributed by atoms with Gasteiger partial charge in [-0.15, -0.1) is 0 Å². The molecule has 0 aromatic carbocycles. The fraction of sp³-hybridized carbons (Fsp3) is 0.667. The first-order chi connectivity index (χ1) is 11.6. The van der Waals surface area contributed by atoms with Crippen LogP contribution < -0.4 is 5.32 Å². The maximum absolute atomic E-state index is 12.4. The Morgan fingerprint density at radius 1 is 1.36 bits per heavy atom. The lowest BCUT2D eigenvalue weighted by Crippen LogP contribution is -2.56. The topological polar surface area (TPSA) is 96.6 Å². The first-order valence-corrected chi connectivity index (χ1v) is 9.99. The molecule has 0 aliphatic carbocycles. The van der Waals surface area contributed by atoms with E-state index < -0.39 is 5.60 Å². The second kappa shape index (κ2) is 8.37. The second-order valence-electron chi connectivity index (χ2n) is 6.76. The minimum absolute atomic E-state index is 0.198. The Labute approximate surface area is 174 Å². The van der Waals surface area contributed by atoms with Gasteiger partial charge in [0.1, 0.15) is 13.0 Å². The van der Waals surface area contributed by atoms with Gasteiger partial charge in [-0.05, 0) is 72.4 Å². The van der Waals surface area contributed by atoms with Crippen molar-refractivity contribution in [2.24, 2.45) is 0 Å². The van der Waals surface area contributed by atoms with E-state index in [0.29, 0.717) is 19.5 Å². The van der Waals surface area contributed by atoms with Gasteiger partial charge in [0.15, 0.2) is 5.82 Å². The van der Waals surface area contributed by atoms with Crippen LogP contribution in [0.3, 0.4) is 0 Å². The molecule has 25 heavy (non-hydrogen) atoms. The molecule has 0 saturated carbocycles. The molecule has 2 heterocycles. The predicted octanol–water partition coefficient (Wildman–Crippen LogP) is 2.37. The number of likely N-dealkylation sites (tertiary alicyclic amines) is 1. The number of hydrogen-bond acceptors (Lipinski definition) is 5. The lowest BCUT2D eigenvalue weighted by atomic mass is 10.0. The number of rotatable bonds is 3. The Morgan fingerprint density at radius 2 is 2.04 bits per heavy atom.